The van der Waals surface area contributed by atoms with E-state index in [0.717, 1.165) is 18.5 Å². The van der Waals surface area contributed by atoms with Gasteiger partial charge in [0, 0.05) is 12.1 Å². The quantitative estimate of drug-likeness (QED) is 0.195. The standard InChI is InChI=1S/C20H27Cl4NO4/c1-14(25-29-20(2,3)4)13-26-8-5-6-9-28-19-16(21)11-15(12-17(19)22)27-10-7-18(23)24/h7,11-13,25H,5-6,8-10H2,1-4H3. The Morgan fingerprint density at radius 1 is 1.03 bits per heavy atom. The molecular formula is C20H27Cl4NO4. The summed E-state index contributed by atoms with van der Waals surface area (Å²) in [6.07, 6.45) is 4.74. The van der Waals surface area contributed by atoms with Gasteiger partial charge >= 0.3 is 0 Å². The molecule has 0 atom stereocenters. The predicted octanol–water partition coefficient (Wildman–Crippen LogP) is 7.05. The summed E-state index contributed by atoms with van der Waals surface area (Å²) in [6.45, 7) is 8.98. The van der Waals surface area contributed by atoms with Crippen LogP contribution in [0, 0.1) is 0 Å². The minimum atomic E-state index is -0.270. The summed E-state index contributed by atoms with van der Waals surface area (Å²) in [5.41, 5.74) is 3.36. The molecule has 0 aliphatic carbocycles. The fraction of sp³-hybridized carbons (Fsp3) is 0.500. The molecule has 1 aromatic carbocycles. The molecule has 0 heterocycles. The number of halogens is 4. The average Bonchev–Trinajstić information content (AvgIpc) is 2.60. The lowest BCUT2D eigenvalue weighted by Crippen LogP contribution is -2.28. The maximum absolute atomic E-state index is 6.23. The van der Waals surface area contributed by atoms with Gasteiger partial charge in [0.25, 0.3) is 0 Å². The number of ether oxygens (including phenoxy) is 3. The highest BCUT2D eigenvalue weighted by Crippen LogP contribution is 2.37. The van der Waals surface area contributed by atoms with E-state index in [1.165, 1.54) is 6.08 Å². The summed E-state index contributed by atoms with van der Waals surface area (Å²) in [6, 6.07) is 3.25. The highest BCUT2D eigenvalue weighted by molar-refractivity contribution is 6.55. The van der Waals surface area contributed by atoms with Gasteiger partial charge in [-0.3, -0.25) is 10.3 Å². The summed E-state index contributed by atoms with van der Waals surface area (Å²) >= 11 is 23.5. The van der Waals surface area contributed by atoms with Crippen LogP contribution in [0.25, 0.3) is 0 Å². The molecule has 0 saturated heterocycles. The minimum absolute atomic E-state index is 0.131. The number of unbranched alkanes of at least 4 members (excludes halogenated alkanes) is 1. The van der Waals surface area contributed by atoms with Crippen molar-refractivity contribution >= 4 is 46.4 Å². The van der Waals surface area contributed by atoms with E-state index in [4.69, 9.17) is 65.5 Å². The van der Waals surface area contributed by atoms with Gasteiger partial charge in [-0.15, -0.1) is 0 Å². The van der Waals surface area contributed by atoms with Crippen LogP contribution in [0.4, 0.5) is 0 Å². The van der Waals surface area contributed by atoms with Gasteiger partial charge in [0.15, 0.2) is 5.75 Å². The summed E-state index contributed by atoms with van der Waals surface area (Å²) < 4.78 is 16.8. The van der Waals surface area contributed by atoms with E-state index in [1.54, 1.807) is 18.4 Å². The molecule has 9 heteroatoms. The molecule has 0 unspecified atom stereocenters. The van der Waals surface area contributed by atoms with Crippen molar-refractivity contribution in [1.29, 1.82) is 0 Å². The van der Waals surface area contributed by atoms with E-state index in [2.05, 4.69) is 5.48 Å². The number of hydrogen-bond acceptors (Lipinski definition) is 5. The molecule has 0 aliphatic rings. The summed E-state index contributed by atoms with van der Waals surface area (Å²) in [5.74, 6) is 0.921. The highest BCUT2D eigenvalue weighted by Gasteiger charge is 2.11. The van der Waals surface area contributed by atoms with E-state index < -0.39 is 0 Å². The lowest BCUT2D eigenvalue weighted by atomic mass is 10.2. The Balaban J connectivity index is 2.31. The average molecular weight is 487 g/mol. The van der Waals surface area contributed by atoms with Gasteiger partial charge in [-0.05, 0) is 46.6 Å². The van der Waals surface area contributed by atoms with E-state index >= 15 is 0 Å². The first kappa shape index (κ1) is 26.1. The molecule has 0 radical (unpaired) electrons. The molecule has 1 aromatic rings. The Morgan fingerprint density at radius 3 is 2.24 bits per heavy atom. The Morgan fingerprint density at radius 2 is 1.66 bits per heavy atom. The first-order chi connectivity index (χ1) is 13.6. The van der Waals surface area contributed by atoms with Crippen molar-refractivity contribution in [2.24, 2.45) is 0 Å². The smallest absolute Gasteiger partial charge is 0.156 e. The van der Waals surface area contributed by atoms with E-state index in [1.807, 2.05) is 27.7 Å². The van der Waals surface area contributed by atoms with Crippen LogP contribution in [-0.2, 0) is 9.57 Å². The van der Waals surface area contributed by atoms with Crippen LogP contribution in [0.3, 0.4) is 0 Å². The van der Waals surface area contributed by atoms with Crippen LogP contribution in [0.5, 0.6) is 11.5 Å². The van der Waals surface area contributed by atoms with Gasteiger partial charge in [0.2, 0.25) is 0 Å². The van der Waals surface area contributed by atoms with Crippen LogP contribution >= 0.6 is 46.4 Å². The van der Waals surface area contributed by atoms with Crippen molar-refractivity contribution in [3.8, 4) is 11.5 Å². The number of nitrogens with one attached hydrogen (secondary N) is 1. The van der Waals surface area contributed by atoms with Gasteiger partial charge < -0.3 is 14.2 Å². The summed E-state index contributed by atoms with van der Waals surface area (Å²) in [7, 11) is 0. The SMILES string of the molecule is CC(=COCCCCOc1c(Cl)cc(OCC=C(Cl)Cl)cc1Cl)NOC(C)(C)C. The molecule has 29 heavy (non-hydrogen) atoms. The van der Waals surface area contributed by atoms with Crippen LogP contribution in [-0.4, -0.2) is 25.4 Å². The van der Waals surface area contributed by atoms with Crippen LogP contribution < -0.4 is 15.0 Å². The fourth-order valence-electron chi connectivity index (χ4n) is 1.86. The minimum Gasteiger partial charge on any atom is -0.499 e. The molecule has 1 rings (SSSR count). The van der Waals surface area contributed by atoms with Crippen LogP contribution in [0.2, 0.25) is 10.0 Å². The van der Waals surface area contributed by atoms with Gasteiger partial charge in [0.1, 0.15) is 23.1 Å². The molecule has 1 N–H and O–H groups in total. The third-order valence-corrected chi connectivity index (χ3v) is 4.01. The van der Waals surface area contributed by atoms with Gasteiger partial charge in [-0.25, -0.2) is 0 Å². The van der Waals surface area contributed by atoms with Gasteiger partial charge in [-0.2, -0.15) is 0 Å². The molecule has 0 aliphatic heterocycles. The predicted molar refractivity (Wildman–Crippen MR) is 120 cm³/mol. The van der Waals surface area contributed by atoms with Gasteiger partial charge in [0.05, 0.1) is 34.6 Å². The van der Waals surface area contributed by atoms with E-state index in [-0.39, 0.29) is 16.7 Å². The maximum atomic E-state index is 6.23. The molecule has 0 spiro atoms. The molecule has 0 amide bonds. The molecular weight excluding hydrogens is 460 g/mol. The van der Waals surface area contributed by atoms with Crippen molar-refractivity contribution in [2.75, 3.05) is 19.8 Å². The lowest BCUT2D eigenvalue weighted by Gasteiger charge is -2.20. The Hall–Kier alpha value is -0.980. The molecule has 0 aromatic heterocycles. The second kappa shape index (κ2) is 13.3. The van der Waals surface area contributed by atoms with Crippen molar-refractivity contribution in [2.45, 2.75) is 46.1 Å². The van der Waals surface area contributed by atoms with Crippen LogP contribution in [0.15, 0.2) is 34.7 Å². The topological polar surface area (TPSA) is 49.0 Å². The number of hydroxylamine groups is 1. The normalized spacial score (nSPS) is 11.8. The zero-order valence-electron chi connectivity index (χ0n) is 17.0. The third kappa shape index (κ3) is 12.3. The fourth-order valence-corrected chi connectivity index (χ4v) is 2.56. The Labute approximate surface area is 192 Å². The monoisotopic (exact) mass is 485 g/mol. The van der Waals surface area contributed by atoms with Crippen molar-refractivity contribution in [3.05, 3.63) is 44.7 Å². The maximum Gasteiger partial charge on any atom is 0.156 e. The van der Waals surface area contributed by atoms with E-state index in [0.29, 0.717) is 34.8 Å². The number of rotatable bonds is 12. The first-order valence-corrected chi connectivity index (χ1v) is 10.6. The number of allylic oxidation sites excluding steroid dienone is 1. The Kier molecular flexibility index (Phi) is 12.0. The summed E-state index contributed by atoms with van der Waals surface area (Å²) in [5, 5.41) is 0.737. The largest absolute Gasteiger partial charge is 0.499 e. The van der Waals surface area contributed by atoms with Crippen molar-refractivity contribution < 1.29 is 19.0 Å². The first-order valence-electron chi connectivity index (χ1n) is 9.06. The zero-order valence-corrected chi connectivity index (χ0v) is 20.0. The molecule has 0 fully saturated rings. The van der Waals surface area contributed by atoms with Crippen molar-refractivity contribution in [1.82, 2.24) is 5.48 Å². The number of benzene rings is 1. The van der Waals surface area contributed by atoms with Crippen molar-refractivity contribution in [3.63, 3.8) is 0 Å². The molecule has 0 bridgehead atoms. The van der Waals surface area contributed by atoms with Gasteiger partial charge in [-0.1, -0.05) is 46.4 Å². The molecule has 0 saturated carbocycles. The molecule has 5 nitrogen and oxygen atoms in total. The second-order valence-electron chi connectivity index (χ2n) is 7.06. The second-order valence-corrected chi connectivity index (χ2v) is 8.89. The van der Waals surface area contributed by atoms with E-state index in [9.17, 15) is 0 Å². The van der Waals surface area contributed by atoms with Crippen LogP contribution in [0.1, 0.15) is 40.5 Å². The summed E-state index contributed by atoms with van der Waals surface area (Å²) in [4.78, 5) is 5.43. The lowest BCUT2D eigenvalue weighted by molar-refractivity contribution is -0.0589. The third-order valence-electron chi connectivity index (χ3n) is 3.14. The highest BCUT2D eigenvalue weighted by atomic mass is 35.5. The number of hydrogen-bond donors (Lipinski definition) is 1. The molecule has 164 valence electrons. The zero-order chi connectivity index (χ0) is 21.9. The Bertz CT molecular complexity index is 675.